The van der Waals surface area contributed by atoms with E-state index in [1.54, 1.807) is 23.9 Å². The molecule has 0 spiro atoms. The largest absolute Gasteiger partial charge is 0.455 e. The molecule has 3 heteroatoms. The summed E-state index contributed by atoms with van der Waals surface area (Å²) < 4.78 is 10.2. The first-order chi connectivity index (χ1) is 4.97. The molecule has 2 rings (SSSR count). The Morgan fingerprint density at radius 2 is 2.10 bits per heavy atom. The predicted octanol–water partition coefficient (Wildman–Crippen LogP) is 2.26. The van der Waals surface area contributed by atoms with E-state index in [2.05, 4.69) is 0 Å². The van der Waals surface area contributed by atoms with Crippen LogP contribution in [0.25, 0.3) is 0 Å². The van der Waals surface area contributed by atoms with Crippen LogP contribution < -0.4 is 0 Å². The van der Waals surface area contributed by atoms with Crippen LogP contribution in [0.1, 0.15) is 11.9 Å². The van der Waals surface area contributed by atoms with Gasteiger partial charge in [-0.3, -0.25) is 0 Å². The van der Waals surface area contributed by atoms with E-state index in [-0.39, 0.29) is 6.29 Å². The molecule has 0 saturated carbocycles. The second-order valence-corrected chi connectivity index (χ2v) is 2.71. The fourth-order valence-electron chi connectivity index (χ4n) is 0.805. The summed E-state index contributed by atoms with van der Waals surface area (Å²) in [5.41, 5.74) is 1.08. The summed E-state index contributed by atoms with van der Waals surface area (Å²) >= 11 is 1.64. The van der Waals surface area contributed by atoms with Crippen molar-refractivity contribution in [2.75, 3.05) is 0 Å². The lowest BCUT2D eigenvalue weighted by atomic mass is 10.3. The minimum absolute atomic E-state index is 0.203. The van der Waals surface area contributed by atoms with Crippen LogP contribution in [0.2, 0.25) is 0 Å². The van der Waals surface area contributed by atoms with Crippen molar-refractivity contribution in [3.8, 4) is 0 Å². The average Bonchev–Trinajstić information content (AvgIpc) is 2.59. The van der Waals surface area contributed by atoms with Gasteiger partial charge in [0.25, 0.3) is 6.29 Å². The summed E-state index contributed by atoms with van der Waals surface area (Å²) in [7, 11) is 0. The molecule has 1 aliphatic rings. The molecular weight excluding hydrogens is 148 g/mol. The number of rotatable bonds is 1. The Morgan fingerprint density at radius 1 is 1.30 bits per heavy atom. The maximum Gasteiger partial charge on any atom is 0.267 e. The van der Waals surface area contributed by atoms with Crippen molar-refractivity contribution >= 4 is 11.3 Å². The highest BCUT2D eigenvalue weighted by atomic mass is 32.1. The lowest BCUT2D eigenvalue weighted by Crippen LogP contribution is -1.94. The summed E-state index contributed by atoms with van der Waals surface area (Å²) in [5.74, 6) is 0. The molecule has 0 fully saturated rings. The number of hydrogen-bond acceptors (Lipinski definition) is 3. The molecule has 0 radical (unpaired) electrons. The summed E-state index contributed by atoms with van der Waals surface area (Å²) in [6, 6.07) is 1.99. The number of hydrogen-bond donors (Lipinski definition) is 0. The van der Waals surface area contributed by atoms with E-state index in [9.17, 15) is 0 Å². The highest BCUT2D eigenvalue weighted by Crippen LogP contribution is 2.25. The van der Waals surface area contributed by atoms with Crippen LogP contribution in [0.15, 0.2) is 29.4 Å². The summed E-state index contributed by atoms with van der Waals surface area (Å²) in [5, 5.41) is 4.01. The van der Waals surface area contributed by atoms with Crippen molar-refractivity contribution in [2.45, 2.75) is 6.29 Å². The Morgan fingerprint density at radius 3 is 2.70 bits per heavy atom. The van der Waals surface area contributed by atoms with Crippen molar-refractivity contribution in [2.24, 2.45) is 0 Å². The molecule has 1 aromatic rings. The van der Waals surface area contributed by atoms with Gasteiger partial charge in [0.1, 0.15) is 12.5 Å². The zero-order valence-corrected chi connectivity index (χ0v) is 6.01. The first-order valence-electron chi connectivity index (χ1n) is 2.95. The molecule has 0 N–H and O–H groups in total. The summed E-state index contributed by atoms with van der Waals surface area (Å²) in [6.45, 7) is 0. The Balaban J connectivity index is 2.14. The van der Waals surface area contributed by atoms with Gasteiger partial charge in [-0.2, -0.15) is 11.3 Å². The Bertz CT molecular complexity index is 220. The average molecular weight is 154 g/mol. The van der Waals surface area contributed by atoms with Crippen LogP contribution >= 0.6 is 11.3 Å². The van der Waals surface area contributed by atoms with Gasteiger partial charge in [0.2, 0.25) is 0 Å². The smallest absolute Gasteiger partial charge is 0.267 e. The maximum atomic E-state index is 5.10. The molecule has 2 nitrogen and oxygen atoms in total. The molecule has 52 valence electrons. The highest BCUT2D eigenvalue weighted by molar-refractivity contribution is 7.07. The van der Waals surface area contributed by atoms with Crippen molar-refractivity contribution in [1.82, 2.24) is 0 Å². The molecule has 0 aromatic carbocycles. The van der Waals surface area contributed by atoms with E-state index < -0.39 is 0 Å². The monoisotopic (exact) mass is 154 g/mol. The van der Waals surface area contributed by atoms with Gasteiger partial charge in [-0.15, -0.1) is 0 Å². The maximum absolute atomic E-state index is 5.10. The third kappa shape index (κ3) is 0.885. The van der Waals surface area contributed by atoms with E-state index in [0.717, 1.165) is 5.56 Å². The van der Waals surface area contributed by atoms with Crippen LogP contribution in [0.4, 0.5) is 0 Å². The van der Waals surface area contributed by atoms with Gasteiger partial charge in [-0.25, -0.2) is 0 Å². The van der Waals surface area contributed by atoms with Gasteiger partial charge < -0.3 is 9.47 Å². The van der Waals surface area contributed by atoms with Gasteiger partial charge >= 0.3 is 0 Å². The van der Waals surface area contributed by atoms with Crippen LogP contribution in [0.3, 0.4) is 0 Å². The molecule has 0 amide bonds. The quantitative estimate of drug-likeness (QED) is 0.617. The molecule has 0 bridgehead atoms. The molecule has 2 heterocycles. The van der Waals surface area contributed by atoms with Crippen LogP contribution in [-0.2, 0) is 9.47 Å². The van der Waals surface area contributed by atoms with Crippen molar-refractivity contribution in [3.63, 3.8) is 0 Å². The lowest BCUT2D eigenvalue weighted by Gasteiger charge is -2.06. The topological polar surface area (TPSA) is 18.5 Å². The first kappa shape index (κ1) is 5.80. The molecule has 0 aliphatic carbocycles. The summed E-state index contributed by atoms with van der Waals surface area (Å²) in [6.07, 6.45) is 2.91. The molecule has 1 aromatic heterocycles. The normalized spacial score (nSPS) is 16.8. The number of thiophene rings is 1. The summed E-state index contributed by atoms with van der Waals surface area (Å²) in [4.78, 5) is 0. The predicted molar refractivity (Wildman–Crippen MR) is 38.4 cm³/mol. The molecular formula is C7H6O2S. The van der Waals surface area contributed by atoms with E-state index in [4.69, 9.17) is 9.47 Å². The Kier molecular flexibility index (Phi) is 1.36. The second kappa shape index (κ2) is 2.34. The zero-order valence-electron chi connectivity index (χ0n) is 5.19. The second-order valence-electron chi connectivity index (χ2n) is 1.93. The standard InChI is InChI=1S/C7H6O2S/c1-4-10-5-6(1)7-8-2-3-9-7/h1-5,7H. The van der Waals surface area contributed by atoms with Crippen LogP contribution in [0.5, 0.6) is 0 Å². The van der Waals surface area contributed by atoms with E-state index in [1.807, 2.05) is 16.8 Å². The fraction of sp³-hybridized carbons (Fsp3) is 0.143. The van der Waals surface area contributed by atoms with Crippen LogP contribution in [0, 0.1) is 0 Å². The third-order valence-electron chi connectivity index (χ3n) is 1.28. The molecule has 0 unspecified atom stereocenters. The number of ether oxygens (including phenoxy) is 2. The van der Waals surface area contributed by atoms with E-state index in [0.29, 0.717) is 0 Å². The van der Waals surface area contributed by atoms with Gasteiger partial charge in [-0.1, -0.05) is 0 Å². The molecule has 10 heavy (non-hydrogen) atoms. The van der Waals surface area contributed by atoms with Gasteiger partial charge in [-0.05, 0) is 11.4 Å². The first-order valence-corrected chi connectivity index (χ1v) is 3.89. The van der Waals surface area contributed by atoms with Gasteiger partial charge in [0.05, 0.1) is 0 Å². The van der Waals surface area contributed by atoms with Crippen LogP contribution in [-0.4, -0.2) is 0 Å². The zero-order chi connectivity index (χ0) is 6.81. The third-order valence-corrected chi connectivity index (χ3v) is 1.98. The highest BCUT2D eigenvalue weighted by Gasteiger charge is 2.14. The van der Waals surface area contributed by atoms with E-state index >= 15 is 0 Å². The fourth-order valence-corrected chi connectivity index (χ4v) is 1.47. The molecule has 0 atom stereocenters. The molecule has 1 aliphatic heterocycles. The van der Waals surface area contributed by atoms with Gasteiger partial charge in [0.15, 0.2) is 0 Å². The minimum Gasteiger partial charge on any atom is -0.455 e. The molecule has 0 saturated heterocycles. The van der Waals surface area contributed by atoms with E-state index in [1.165, 1.54) is 0 Å². The van der Waals surface area contributed by atoms with Crippen molar-refractivity contribution in [3.05, 3.63) is 34.9 Å². The minimum atomic E-state index is -0.203. The van der Waals surface area contributed by atoms with Crippen molar-refractivity contribution in [1.29, 1.82) is 0 Å². The van der Waals surface area contributed by atoms with Crippen molar-refractivity contribution < 1.29 is 9.47 Å². The SMILES string of the molecule is C1=COC(c2ccsc2)O1. The Hall–Kier alpha value is -0.960. The van der Waals surface area contributed by atoms with Gasteiger partial charge in [0, 0.05) is 10.9 Å². The Labute approximate surface area is 62.7 Å². The lowest BCUT2D eigenvalue weighted by molar-refractivity contribution is -0.0242.